The lowest BCUT2D eigenvalue weighted by Crippen LogP contribution is -2.20. The van der Waals surface area contributed by atoms with E-state index in [2.05, 4.69) is 9.47 Å². The maximum Gasteiger partial charge on any atom is 0.573 e. The molecule has 108 valence electrons. The van der Waals surface area contributed by atoms with Crippen LogP contribution in [-0.4, -0.2) is 19.1 Å². The summed E-state index contributed by atoms with van der Waals surface area (Å²) in [6.07, 6.45) is -9.55. The molecule has 1 aromatic rings. The van der Waals surface area contributed by atoms with Crippen LogP contribution in [0.25, 0.3) is 0 Å². The number of halogens is 6. The number of rotatable bonds is 4. The maximum absolute atomic E-state index is 12.1. The Bertz CT molecular complexity index is 429. The van der Waals surface area contributed by atoms with E-state index in [1.807, 2.05) is 0 Å². The smallest absolute Gasteiger partial charge is 0.484 e. The van der Waals surface area contributed by atoms with Crippen LogP contribution in [-0.2, 0) is 6.54 Å². The number of benzene rings is 1. The molecule has 0 saturated carbocycles. The predicted molar refractivity (Wildman–Crippen MR) is 52.6 cm³/mol. The lowest BCUT2D eigenvalue weighted by molar-refractivity contribution is -0.275. The first-order chi connectivity index (χ1) is 8.61. The molecule has 0 bridgehead atoms. The van der Waals surface area contributed by atoms with Gasteiger partial charge in [0.15, 0.2) is 6.61 Å². The second kappa shape index (κ2) is 5.55. The van der Waals surface area contributed by atoms with Gasteiger partial charge in [0.25, 0.3) is 0 Å². The van der Waals surface area contributed by atoms with Gasteiger partial charge in [-0.15, -0.1) is 13.2 Å². The highest BCUT2D eigenvalue weighted by atomic mass is 19.4. The van der Waals surface area contributed by atoms with E-state index in [0.717, 1.165) is 12.1 Å². The highest BCUT2D eigenvalue weighted by molar-refractivity contribution is 5.40. The van der Waals surface area contributed by atoms with Crippen LogP contribution in [0.5, 0.6) is 11.5 Å². The summed E-state index contributed by atoms with van der Waals surface area (Å²) >= 11 is 0. The zero-order valence-corrected chi connectivity index (χ0v) is 9.31. The van der Waals surface area contributed by atoms with Gasteiger partial charge in [0.05, 0.1) is 0 Å². The van der Waals surface area contributed by atoms with Gasteiger partial charge in [-0.25, -0.2) is 0 Å². The van der Waals surface area contributed by atoms with Gasteiger partial charge >= 0.3 is 12.5 Å². The Morgan fingerprint density at radius 2 is 1.68 bits per heavy atom. The number of hydrogen-bond acceptors (Lipinski definition) is 3. The molecule has 1 aromatic carbocycles. The fourth-order valence-electron chi connectivity index (χ4n) is 1.18. The third-order valence-corrected chi connectivity index (χ3v) is 1.89. The Balaban J connectivity index is 2.89. The first kappa shape index (κ1) is 15.4. The van der Waals surface area contributed by atoms with Crippen molar-refractivity contribution in [2.75, 3.05) is 6.61 Å². The van der Waals surface area contributed by atoms with Crippen LogP contribution in [0.1, 0.15) is 5.56 Å². The third-order valence-electron chi connectivity index (χ3n) is 1.89. The number of ether oxygens (including phenoxy) is 2. The highest BCUT2D eigenvalue weighted by Gasteiger charge is 2.32. The summed E-state index contributed by atoms with van der Waals surface area (Å²) in [6.45, 7) is -1.87. The van der Waals surface area contributed by atoms with Crippen molar-refractivity contribution in [2.24, 2.45) is 5.73 Å². The number of nitrogens with two attached hydrogens (primary N) is 1. The molecule has 0 heterocycles. The normalized spacial score (nSPS) is 12.4. The van der Waals surface area contributed by atoms with E-state index >= 15 is 0 Å². The molecular weight excluding hydrogens is 280 g/mol. The predicted octanol–water partition coefficient (Wildman–Crippen LogP) is 2.99. The van der Waals surface area contributed by atoms with Gasteiger partial charge in [-0.05, 0) is 6.07 Å². The topological polar surface area (TPSA) is 44.5 Å². The van der Waals surface area contributed by atoms with Gasteiger partial charge in [0.1, 0.15) is 11.5 Å². The monoisotopic (exact) mass is 289 g/mol. The van der Waals surface area contributed by atoms with E-state index in [9.17, 15) is 26.3 Å². The van der Waals surface area contributed by atoms with Gasteiger partial charge in [0, 0.05) is 18.2 Å². The number of hydrogen-bond donors (Lipinski definition) is 1. The first-order valence-corrected chi connectivity index (χ1v) is 4.89. The number of alkyl halides is 6. The van der Waals surface area contributed by atoms with Crippen molar-refractivity contribution < 1.29 is 35.8 Å². The average Bonchev–Trinajstić information content (AvgIpc) is 2.23. The maximum atomic E-state index is 12.1. The highest BCUT2D eigenvalue weighted by Crippen LogP contribution is 2.30. The zero-order valence-electron chi connectivity index (χ0n) is 9.31. The van der Waals surface area contributed by atoms with Crippen molar-refractivity contribution in [3.8, 4) is 11.5 Å². The summed E-state index contributed by atoms with van der Waals surface area (Å²) < 4.78 is 79.9. The summed E-state index contributed by atoms with van der Waals surface area (Å²) in [5.74, 6) is -1.08. The molecule has 0 aliphatic carbocycles. The largest absolute Gasteiger partial charge is 0.573 e. The van der Waals surface area contributed by atoms with E-state index < -0.39 is 30.6 Å². The van der Waals surface area contributed by atoms with Crippen molar-refractivity contribution in [1.29, 1.82) is 0 Å². The van der Waals surface area contributed by atoms with Crippen LogP contribution in [0.15, 0.2) is 18.2 Å². The minimum Gasteiger partial charge on any atom is -0.484 e. The van der Waals surface area contributed by atoms with Gasteiger partial charge in [-0.2, -0.15) is 13.2 Å². The Labute approximate surface area is 103 Å². The lowest BCUT2D eigenvalue weighted by Gasteiger charge is -2.15. The van der Waals surface area contributed by atoms with E-state index in [-0.39, 0.29) is 12.1 Å². The second-order valence-corrected chi connectivity index (χ2v) is 3.43. The van der Waals surface area contributed by atoms with E-state index in [1.54, 1.807) is 0 Å². The first-order valence-electron chi connectivity index (χ1n) is 4.89. The molecule has 0 atom stereocenters. The molecule has 0 aliphatic heterocycles. The summed E-state index contributed by atoms with van der Waals surface area (Å²) in [7, 11) is 0. The molecule has 0 spiro atoms. The summed E-state index contributed by atoms with van der Waals surface area (Å²) in [5, 5.41) is 0. The van der Waals surface area contributed by atoms with Crippen molar-refractivity contribution in [2.45, 2.75) is 19.1 Å². The molecule has 0 saturated heterocycles. The van der Waals surface area contributed by atoms with Crippen molar-refractivity contribution in [3.63, 3.8) is 0 Å². The minimum absolute atomic E-state index is 0.00307. The van der Waals surface area contributed by atoms with Crippen LogP contribution in [0.2, 0.25) is 0 Å². The molecule has 1 rings (SSSR count). The van der Waals surface area contributed by atoms with E-state index in [4.69, 9.17) is 5.73 Å². The van der Waals surface area contributed by atoms with E-state index in [1.165, 1.54) is 0 Å². The van der Waals surface area contributed by atoms with Crippen LogP contribution in [0, 0.1) is 0 Å². The van der Waals surface area contributed by atoms with Gasteiger partial charge < -0.3 is 15.2 Å². The average molecular weight is 289 g/mol. The fraction of sp³-hybridized carbons (Fsp3) is 0.400. The van der Waals surface area contributed by atoms with Crippen LogP contribution < -0.4 is 15.2 Å². The molecule has 0 radical (unpaired) electrons. The van der Waals surface area contributed by atoms with E-state index in [0.29, 0.717) is 6.07 Å². The van der Waals surface area contributed by atoms with Crippen LogP contribution in [0.3, 0.4) is 0 Å². The fourth-order valence-corrected chi connectivity index (χ4v) is 1.18. The summed E-state index contributed by atoms with van der Waals surface area (Å²) in [6, 6.07) is 2.89. The Kier molecular flexibility index (Phi) is 4.51. The standard InChI is InChI=1S/C10H9F6NO2/c11-9(12,13)5-18-7-2-1-6(4-17)8(3-7)19-10(14,15)16/h1-3H,4-5,17H2. The molecule has 0 unspecified atom stereocenters. The third kappa shape index (κ3) is 5.69. The summed E-state index contributed by atoms with van der Waals surface area (Å²) in [4.78, 5) is 0. The van der Waals surface area contributed by atoms with Crippen molar-refractivity contribution >= 4 is 0 Å². The molecule has 9 heteroatoms. The van der Waals surface area contributed by atoms with Crippen molar-refractivity contribution in [1.82, 2.24) is 0 Å². The zero-order chi connectivity index (χ0) is 14.7. The minimum atomic E-state index is -4.97. The van der Waals surface area contributed by atoms with Crippen molar-refractivity contribution in [3.05, 3.63) is 23.8 Å². The van der Waals surface area contributed by atoms with Crippen LogP contribution in [0.4, 0.5) is 26.3 Å². The second-order valence-electron chi connectivity index (χ2n) is 3.43. The molecule has 0 aromatic heterocycles. The Hall–Kier alpha value is -1.64. The molecule has 0 amide bonds. The molecule has 2 N–H and O–H groups in total. The Morgan fingerprint density at radius 1 is 1.05 bits per heavy atom. The Morgan fingerprint density at radius 3 is 2.16 bits per heavy atom. The molecule has 0 aliphatic rings. The van der Waals surface area contributed by atoms with Gasteiger partial charge in [-0.3, -0.25) is 0 Å². The quantitative estimate of drug-likeness (QED) is 0.867. The molecule has 3 nitrogen and oxygen atoms in total. The lowest BCUT2D eigenvalue weighted by atomic mass is 10.2. The SMILES string of the molecule is NCc1ccc(OCC(F)(F)F)cc1OC(F)(F)F. The van der Waals surface area contributed by atoms with Gasteiger partial charge in [-0.1, -0.05) is 6.07 Å². The summed E-state index contributed by atoms with van der Waals surface area (Å²) in [5.41, 5.74) is 5.19. The molecule has 19 heavy (non-hydrogen) atoms. The molecule has 0 fully saturated rings. The van der Waals surface area contributed by atoms with Crippen LogP contribution >= 0.6 is 0 Å². The van der Waals surface area contributed by atoms with Gasteiger partial charge in [0.2, 0.25) is 0 Å². The molecular formula is C10H9F6NO2.